The highest BCUT2D eigenvalue weighted by Crippen LogP contribution is 2.48. The summed E-state index contributed by atoms with van der Waals surface area (Å²) in [7, 11) is 0. The minimum Gasteiger partial charge on any atom is -0.327 e. The Morgan fingerprint density at radius 3 is 2.39 bits per heavy atom. The lowest BCUT2D eigenvalue weighted by Crippen LogP contribution is -2.46. The lowest BCUT2D eigenvalue weighted by atomic mass is 9.77. The molecular formula is C16H30N2. The van der Waals surface area contributed by atoms with Gasteiger partial charge in [-0.2, -0.15) is 0 Å². The predicted octanol–water partition coefficient (Wildman–Crippen LogP) is 2.87. The first-order valence-corrected chi connectivity index (χ1v) is 8.09. The van der Waals surface area contributed by atoms with Gasteiger partial charge in [0.2, 0.25) is 0 Å². The van der Waals surface area contributed by atoms with Gasteiger partial charge in [-0.05, 0) is 68.4 Å². The Hall–Kier alpha value is -0.0800. The summed E-state index contributed by atoms with van der Waals surface area (Å²) in [6.45, 7) is 8.73. The Morgan fingerprint density at radius 1 is 1.17 bits per heavy atom. The molecule has 3 fully saturated rings. The molecule has 0 aromatic rings. The van der Waals surface area contributed by atoms with Crippen LogP contribution >= 0.6 is 0 Å². The molecule has 0 amide bonds. The second-order valence-corrected chi connectivity index (χ2v) is 7.54. The third kappa shape index (κ3) is 2.22. The number of nitrogens with zero attached hydrogens (tertiary/aromatic N) is 1. The number of rotatable bonds is 3. The van der Waals surface area contributed by atoms with Crippen LogP contribution in [0.5, 0.6) is 0 Å². The van der Waals surface area contributed by atoms with Gasteiger partial charge in [0.15, 0.2) is 0 Å². The molecule has 1 heterocycles. The molecule has 0 aromatic carbocycles. The van der Waals surface area contributed by atoms with Gasteiger partial charge in [0.05, 0.1) is 0 Å². The van der Waals surface area contributed by atoms with Crippen LogP contribution in [0.3, 0.4) is 0 Å². The Balaban J connectivity index is 1.53. The van der Waals surface area contributed by atoms with Crippen molar-refractivity contribution in [3.63, 3.8) is 0 Å². The zero-order valence-electron chi connectivity index (χ0n) is 12.2. The van der Waals surface area contributed by atoms with Crippen molar-refractivity contribution in [2.45, 2.75) is 58.4 Å². The van der Waals surface area contributed by atoms with E-state index in [4.69, 9.17) is 5.73 Å². The Bertz CT molecular complexity index is 291. The van der Waals surface area contributed by atoms with Crippen LogP contribution in [-0.2, 0) is 0 Å². The lowest BCUT2D eigenvalue weighted by molar-refractivity contribution is 0.0866. The van der Waals surface area contributed by atoms with Gasteiger partial charge in [0.25, 0.3) is 0 Å². The van der Waals surface area contributed by atoms with Gasteiger partial charge in [-0.1, -0.05) is 20.3 Å². The first kappa shape index (κ1) is 12.9. The maximum Gasteiger partial charge on any atom is 0.0111 e. The van der Waals surface area contributed by atoms with Crippen LogP contribution < -0.4 is 5.73 Å². The minimum absolute atomic E-state index is 0.517. The molecule has 0 aromatic heterocycles. The van der Waals surface area contributed by atoms with Crippen LogP contribution in [0, 0.1) is 23.2 Å². The van der Waals surface area contributed by atoms with Crippen molar-refractivity contribution in [3.8, 4) is 0 Å². The van der Waals surface area contributed by atoms with Gasteiger partial charge in [-0.15, -0.1) is 0 Å². The van der Waals surface area contributed by atoms with Crippen molar-refractivity contribution in [1.82, 2.24) is 4.90 Å². The normalized spacial score (nSPS) is 43.5. The summed E-state index contributed by atoms with van der Waals surface area (Å²) in [5.74, 6) is 2.64. The van der Waals surface area contributed by atoms with Crippen molar-refractivity contribution < 1.29 is 0 Å². The number of hydrogen-bond donors (Lipinski definition) is 1. The third-order valence-electron chi connectivity index (χ3n) is 6.54. The molecule has 3 rings (SSSR count). The fourth-order valence-corrected chi connectivity index (χ4v) is 4.65. The highest BCUT2D eigenvalue weighted by molar-refractivity contribution is 5.00. The standard InChI is InChI=1S/C16H30N2/c1-3-16(2)6-8-18(9-7-16)11-14-12-4-5-13(10-12)15(14)17/h12-15H,3-11,17H2,1-2H3. The summed E-state index contributed by atoms with van der Waals surface area (Å²) in [6, 6.07) is 0.517. The molecule has 2 saturated carbocycles. The minimum atomic E-state index is 0.517. The molecule has 18 heavy (non-hydrogen) atoms. The van der Waals surface area contributed by atoms with Gasteiger partial charge in [-0.25, -0.2) is 0 Å². The van der Waals surface area contributed by atoms with Crippen LogP contribution in [-0.4, -0.2) is 30.6 Å². The molecule has 1 aliphatic heterocycles. The maximum atomic E-state index is 6.43. The molecule has 4 unspecified atom stereocenters. The Kier molecular flexibility index (Phi) is 3.44. The van der Waals surface area contributed by atoms with Gasteiger partial charge < -0.3 is 10.6 Å². The lowest BCUT2D eigenvalue weighted by Gasteiger charge is -2.41. The van der Waals surface area contributed by atoms with Crippen LogP contribution in [0.25, 0.3) is 0 Å². The van der Waals surface area contributed by atoms with E-state index >= 15 is 0 Å². The third-order valence-corrected chi connectivity index (χ3v) is 6.54. The van der Waals surface area contributed by atoms with Crippen molar-refractivity contribution >= 4 is 0 Å². The molecule has 1 saturated heterocycles. The first-order chi connectivity index (χ1) is 8.61. The monoisotopic (exact) mass is 250 g/mol. The Labute approximate surface area is 112 Å². The SMILES string of the molecule is CCC1(C)CCN(CC2C3CCC(C3)C2N)CC1. The second-order valence-electron chi connectivity index (χ2n) is 7.54. The van der Waals surface area contributed by atoms with Crippen LogP contribution in [0.2, 0.25) is 0 Å². The topological polar surface area (TPSA) is 29.3 Å². The van der Waals surface area contributed by atoms with E-state index < -0.39 is 0 Å². The quantitative estimate of drug-likeness (QED) is 0.834. The summed E-state index contributed by atoms with van der Waals surface area (Å²) in [4.78, 5) is 2.71. The average Bonchev–Trinajstić information content (AvgIpc) is 2.96. The maximum absolute atomic E-state index is 6.43. The summed E-state index contributed by atoms with van der Waals surface area (Å²) >= 11 is 0. The van der Waals surface area contributed by atoms with Gasteiger partial charge in [-0.3, -0.25) is 0 Å². The molecule has 2 nitrogen and oxygen atoms in total. The van der Waals surface area contributed by atoms with Gasteiger partial charge in [0.1, 0.15) is 0 Å². The van der Waals surface area contributed by atoms with Crippen LogP contribution in [0.1, 0.15) is 52.4 Å². The van der Waals surface area contributed by atoms with Crippen LogP contribution in [0.15, 0.2) is 0 Å². The molecule has 2 aliphatic carbocycles. The molecular weight excluding hydrogens is 220 g/mol. The zero-order valence-corrected chi connectivity index (χ0v) is 12.2. The molecule has 2 heteroatoms. The Morgan fingerprint density at radius 2 is 1.83 bits per heavy atom. The second kappa shape index (κ2) is 4.79. The van der Waals surface area contributed by atoms with E-state index in [1.54, 1.807) is 0 Å². The molecule has 2 bridgehead atoms. The molecule has 2 N–H and O–H groups in total. The van der Waals surface area contributed by atoms with E-state index in [9.17, 15) is 0 Å². The predicted molar refractivity (Wildman–Crippen MR) is 76.4 cm³/mol. The van der Waals surface area contributed by atoms with E-state index in [1.807, 2.05) is 0 Å². The van der Waals surface area contributed by atoms with E-state index in [-0.39, 0.29) is 0 Å². The number of hydrogen-bond acceptors (Lipinski definition) is 2. The summed E-state index contributed by atoms with van der Waals surface area (Å²) < 4.78 is 0. The van der Waals surface area contributed by atoms with Crippen LogP contribution in [0.4, 0.5) is 0 Å². The van der Waals surface area contributed by atoms with Gasteiger partial charge >= 0.3 is 0 Å². The first-order valence-electron chi connectivity index (χ1n) is 8.09. The fourth-order valence-electron chi connectivity index (χ4n) is 4.65. The summed E-state index contributed by atoms with van der Waals surface area (Å²) in [5.41, 5.74) is 7.05. The average molecular weight is 250 g/mol. The van der Waals surface area contributed by atoms with E-state index in [2.05, 4.69) is 18.7 Å². The van der Waals surface area contributed by atoms with Gasteiger partial charge in [0, 0.05) is 12.6 Å². The van der Waals surface area contributed by atoms with Crippen molar-refractivity contribution in [3.05, 3.63) is 0 Å². The number of piperidine rings is 1. The van der Waals surface area contributed by atoms with Crippen molar-refractivity contribution in [2.75, 3.05) is 19.6 Å². The zero-order chi connectivity index (χ0) is 12.8. The molecule has 104 valence electrons. The molecule has 3 aliphatic rings. The number of fused-ring (bicyclic) bond motifs is 2. The number of nitrogens with two attached hydrogens (primary N) is 1. The summed E-state index contributed by atoms with van der Waals surface area (Å²) in [5, 5.41) is 0. The molecule has 0 radical (unpaired) electrons. The fraction of sp³-hybridized carbons (Fsp3) is 1.00. The number of likely N-dealkylation sites (tertiary alicyclic amines) is 1. The molecule has 0 spiro atoms. The van der Waals surface area contributed by atoms with E-state index in [0.29, 0.717) is 11.5 Å². The van der Waals surface area contributed by atoms with E-state index in [1.165, 1.54) is 58.2 Å². The molecule has 4 atom stereocenters. The summed E-state index contributed by atoms with van der Waals surface area (Å²) in [6.07, 6.45) is 8.43. The smallest absolute Gasteiger partial charge is 0.0111 e. The van der Waals surface area contributed by atoms with Crippen molar-refractivity contribution in [1.29, 1.82) is 0 Å². The highest BCUT2D eigenvalue weighted by atomic mass is 15.1. The van der Waals surface area contributed by atoms with E-state index in [0.717, 1.165) is 17.8 Å². The van der Waals surface area contributed by atoms with Crippen molar-refractivity contribution in [2.24, 2.45) is 28.9 Å². The largest absolute Gasteiger partial charge is 0.327 e. The highest BCUT2D eigenvalue weighted by Gasteiger charge is 2.46.